The molecule has 154 valence electrons. The van der Waals surface area contributed by atoms with Gasteiger partial charge in [0, 0.05) is 19.3 Å². The lowest BCUT2D eigenvalue weighted by atomic mass is 10.0. The molecule has 6 heteroatoms. The van der Waals surface area contributed by atoms with Crippen molar-refractivity contribution in [3.8, 4) is 5.75 Å². The SMILES string of the molecule is CCCC(CC)Oc1cccc(C=C2CCN(C(=O)Nc3cccnn3)CC2)c1. The fourth-order valence-corrected chi connectivity index (χ4v) is 3.47. The first-order valence-electron chi connectivity index (χ1n) is 10.5. The minimum absolute atomic E-state index is 0.124. The minimum atomic E-state index is -0.124. The molecule has 0 spiro atoms. The van der Waals surface area contributed by atoms with Crippen LogP contribution < -0.4 is 10.1 Å². The molecule has 1 atom stereocenters. The Labute approximate surface area is 173 Å². The van der Waals surface area contributed by atoms with Crippen LogP contribution in [0.5, 0.6) is 5.75 Å². The van der Waals surface area contributed by atoms with E-state index in [1.54, 1.807) is 18.3 Å². The number of nitrogens with one attached hydrogen (secondary N) is 1. The lowest BCUT2D eigenvalue weighted by molar-refractivity contribution is 0.185. The van der Waals surface area contributed by atoms with Crippen LogP contribution in [0.2, 0.25) is 0 Å². The third kappa shape index (κ3) is 6.31. The molecule has 6 nitrogen and oxygen atoms in total. The van der Waals surface area contributed by atoms with Gasteiger partial charge in [0.05, 0.1) is 6.10 Å². The molecule has 2 amide bonds. The number of carbonyl (C=O) groups excluding carboxylic acids is 1. The molecule has 1 aromatic carbocycles. The van der Waals surface area contributed by atoms with Gasteiger partial charge in [-0.05, 0) is 55.5 Å². The summed E-state index contributed by atoms with van der Waals surface area (Å²) in [5, 5.41) is 10.5. The van der Waals surface area contributed by atoms with Crippen LogP contribution in [-0.2, 0) is 0 Å². The van der Waals surface area contributed by atoms with Gasteiger partial charge in [0.2, 0.25) is 0 Å². The highest BCUT2D eigenvalue weighted by Gasteiger charge is 2.19. The summed E-state index contributed by atoms with van der Waals surface area (Å²) in [5.41, 5.74) is 2.51. The summed E-state index contributed by atoms with van der Waals surface area (Å²) in [6.45, 7) is 5.75. The van der Waals surface area contributed by atoms with E-state index in [1.165, 1.54) is 5.57 Å². The Morgan fingerprint density at radius 1 is 1.24 bits per heavy atom. The van der Waals surface area contributed by atoms with Gasteiger partial charge >= 0.3 is 6.03 Å². The number of aromatic nitrogens is 2. The summed E-state index contributed by atoms with van der Waals surface area (Å²) >= 11 is 0. The van der Waals surface area contributed by atoms with Crippen LogP contribution in [0, 0.1) is 0 Å². The molecule has 1 aromatic heterocycles. The largest absolute Gasteiger partial charge is 0.490 e. The van der Waals surface area contributed by atoms with Gasteiger partial charge in [0.1, 0.15) is 5.75 Å². The highest BCUT2D eigenvalue weighted by Crippen LogP contribution is 2.23. The van der Waals surface area contributed by atoms with Crippen LogP contribution >= 0.6 is 0 Å². The number of ether oxygens (including phenoxy) is 1. The number of nitrogens with zero attached hydrogens (tertiary/aromatic N) is 3. The summed E-state index contributed by atoms with van der Waals surface area (Å²) in [7, 11) is 0. The quantitative estimate of drug-likeness (QED) is 0.705. The number of amides is 2. The molecular formula is C23H30N4O2. The Morgan fingerprint density at radius 3 is 2.76 bits per heavy atom. The Kier molecular flexibility index (Phi) is 7.61. The number of piperidine rings is 1. The van der Waals surface area contributed by atoms with Gasteiger partial charge in [-0.2, -0.15) is 5.10 Å². The van der Waals surface area contributed by atoms with Crippen LogP contribution in [0.1, 0.15) is 51.5 Å². The van der Waals surface area contributed by atoms with Gasteiger partial charge in [0.25, 0.3) is 0 Å². The molecule has 0 saturated carbocycles. The molecule has 2 aromatic rings. The molecular weight excluding hydrogens is 364 g/mol. The second kappa shape index (κ2) is 10.6. The van der Waals surface area contributed by atoms with E-state index in [9.17, 15) is 4.79 Å². The summed E-state index contributed by atoms with van der Waals surface area (Å²) in [4.78, 5) is 14.2. The van der Waals surface area contributed by atoms with E-state index in [4.69, 9.17) is 4.74 Å². The highest BCUT2D eigenvalue weighted by molar-refractivity contribution is 5.88. The average Bonchev–Trinajstić information content (AvgIpc) is 2.75. The van der Waals surface area contributed by atoms with Crippen molar-refractivity contribution in [2.75, 3.05) is 18.4 Å². The molecule has 1 N–H and O–H groups in total. The number of urea groups is 1. The Bertz CT molecular complexity index is 813. The van der Waals surface area contributed by atoms with Crippen LogP contribution in [0.4, 0.5) is 10.6 Å². The van der Waals surface area contributed by atoms with E-state index in [0.717, 1.165) is 43.4 Å². The van der Waals surface area contributed by atoms with Gasteiger partial charge in [-0.15, -0.1) is 5.10 Å². The number of benzene rings is 1. The molecule has 0 radical (unpaired) electrons. The van der Waals surface area contributed by atoms with E-state index in [-0.39, 0.29) is 12.1 Å². The predicted octanol–water partition coefficient (Wildman–Crippen LogP) is 5.15. The Hall–Kier alpha value is -2.89. The summed E-state index contributed by atoms with van der Waals surface area (Å²) in [6.07, 6.45) is 9.05. The number of hydrogen-bond donors (Lipinski definition) is 1. The van der Waals surface area contributed by atoms with E-state index >= 15 is 0 Å². The zero-order valence-electron chi connectivity index (χ0n) is 17.3. The number of rotatable bonds is 7. The molecule has 0 aliphatic carbocycles. The predicted molar refractivity (Wildman–Crippen MR) is 116 cm³/mol. The molecule has 1 saturated heterocycles. The van der Waals surface area contributed by atoms with Gasteiger partial charge in [-0.25, -0.2) is 4.79 Å². The first-order valence-corrected chi connectivity index (χ1v) is 10.5. The van der Waals surface area contributed by atoms with Crippen molar-refractivity contribution in [3.63, 3.8) is 0 Å². The topological polar surface area (TPSA) is 67.3 Å². The Balaban J connectivity index is 1.55. The maximum atomic E-state index is 12.4. The van der Waals surface area contributed by atoms with E-state index < -0.39 is 0 Å². The Morgan fingerprint density at radius 2 is 2.07 bits per heavy atom. The zero-order chi connectivity index (χ0) is 20.5. The number of hydrogen-bond acceptors (Lipinski definition) is 4. The summed E-state index contributed by atoms with van der Waals surface area (Å²) in [5.74, 6) is 1.41. The maximum absolute atomic E-state index is 12.4. The van der Waals surface area contributed by atoms with E-state index in [2.05, 4.69) is 47.6 Å². The molecule has 29 heavy (non-hydrogen) atoms. The van der Waals surface area contributed by atoms with Crippen molar-refractivity contribution in [1.82, 2.24) is 15.1 Å². The highest BCUT2D eigenvalue weighted by atomic mass is 16.5. The summed E-state index contributed by atoms with van der Waals surface area (Å²) < 4.78 is 6.14. The zero-order valence-corrected chi connectivity index (χ0v) is 17.3. The molecule has 2 heterocycles. The second-order valence-electron chi connectivity index (χ2n) is 7.34. The fraction of sp³-hybridized carbons (Fsp3) is 0.435. The molecule has 0 bridgehead atoms. The van der Waals surface area contributed by atoms with Crippen molar-refractivity contribution < 1.29 is 9.53 Å². The van der Waals surface area contributed by atoms with E-state index in [1.807, 2.05) is 17.0 Å². The first kappa shape index (κ1) is 20.8. The summed E-state index contributed by atoms with van der Waals surface area (Å²) in [6, 6.07) is 11.7. The lowest BCUT2D eigenvalue weighted by Gasteiger charge is -2.28. The average molecular weight is 395 g/mol. The van der Waals surface area contributed by atoms with Crippen LogP contribution in [0.25, 0.3) is 6.08 Å². The number of anilines is 1. The lowest BCUT2D eigenvalue weighted by Crippen LogP contribution is -2.39. The smallest absolute Gasteiger partial charge is 0.323 e. The van der Waals surface area contributed by atoms with Gasteiger partial charge in [-0.3, -0.25) is 5.32 Å². The fourth-order valence-electron chi connectivity index (χ4n) is 3.47. The van der Waals surface area contributed by atoms with Crippen molar-refractivity contribution >= 4 is 17.9 Å². The van der Waals surface area contributed by atoms with Crippen molar-refractivity contribution in [2.24, 2.45) is 0 Å². The third-order valence-corrected chi connectivity index (χ3v) is 5.10. The van der Waals surface area contributed by atoms with Crippen LogP contribution in [-0.4, -0.2) is 40.3 Å². The molecule has 1 fully saturated rings. The van der Waals surface area contributed by atoms with Gasteiger partial charge in [-0.1, -0.05) is 44.1 Å². The van der Waals surface area contributed by atoms with Crippen LogP contribution in [0.15, 0.2) is 48.2 Å². The van der Waals surface area contributed by atoms with Crippen molar-refractivity contribution in [3.05, 3.63) is 53.7 Å². The normalized spacial score (nSPS) is 15.0. The monoisotopic (exact) mass is 394 g/mol. The van der Waals surface area contributed by atoms with Gasteiger partial charge < -0.3 is 9.64 Å². The maximum Gasteiger partial charge on any atom is 0.323 e. The van der Waals surface area contributed by atoms with Crippen molar-refractivity contribution in [1.29, 1.82) is 0 Å². The standard InChI is InChI=1S/C23H30N4O2/c1-3-7-20(4-2)29-21-9-5-8-19(17-21)16-18-11-14-27(15-12-18)23(28)25-22-10-6-13-24-26-22/h5-6,8-10,13,16-17,20H,3-4,7,11-12,14-15H2,1-2H3,(H,25,26,28). The minimum Gasteiger partial charge on any atom is -0.490 e. The van der Waals surface area contributed by atoms with Crippen molar-refractivity contribution in [2.45, 2.75) is 52.1 Å². The van der Waals surface area contributed by atoms with Gasteiger partial charge in [0.15, 0.2) is 5.82 Å². The van der Waals surface area contributed by atoms with E-state index in [0.29, 0.717) is 18.9 Å². The molecule has 1 aliphatic rings. The molecule has 1 aliphatic heterocycles. The third-order valence-electron chi connectivity index (χ3n) is 5.10. The molecule has 1 unspecified atom stereocenters. The number of carbonyl (C=O) groups is 1. The first-order chi connectivity index (χ1) is 14.2. The number of likely N-dealkylation sites (tertiary alicyclic amines) is 1. The molecule has 3 rings (SSSR count). The van der Waals surface area contributed by atoms with Crippen LogP contribution in [0.3, 0.4) is 0 Å². The second-order valence-corrected chi connectivity index (χ2v) is 7.34.